The molecular formula is C23H30ClF2N5O3. The fraction of sp³-hybridized carbons (Fsp3) is 0.609. The van der Waals surface area contributed by atoms with Gasteiger partial charge in [-0.3, -0.25) is 9.69 Å². The normalized spacial score (nSPS) is 22.8. The number of halogens is 3. The fourth-order valence-corrected chi connectivity index (χ4v) is 5.01. The number of nitrogens with one attached hydrogen (secondary N) is 1. The van der Waals surface area contributed by atoms with Crippen molar-refractivity contribution < 1.29 is 22.7 Å². The number of rotatable bonds is 7. The Hall–Kier alpha value is -2.30. The van der Waals surface area contributed by atoms with E-state index in [1.807, 2.05) is 19.9 Å². The van der Waals surface area contributed by atoms with E-state index in [1.165, 1.54) is 0 Å². The van der Waals surface area contributed by atoms with Gasteiger partial charge in [-0.15, -0.1) is 5.10 Å². The summed E-state index contributed by atoms with van der Waals surface area (Å²) in [5.41, 5.74) is 2.79. The predicted octanol–water partition coefficient (Wildman–Crippen LogP) is 4.39. The van der Waals surface area contributed by atoms with Crippen molar-refractivity contribution in [2.24, 2.45) is 5.92 Å². The van der Waals surface area contributed by atoms with Gasteiger partial charge in [0.1, 0.15) is 6.61 Å². The third kappa shape index (κ3) is 5.67. The quantitative estimate of drug-likeness (QED) is 0.607. The van der Waals surface area contributed by atoms with Crippen LogP contribution in [-0.2, 0) is 22.7 Å². The number of carbonyl (C=O) groups excluding carboxylic acids is 1. The highest BCUT2D eigenvalue weighted by atomic mass is 35.5. The van der Waals surface area contributed by atoms with Crippen LogP contribution in [0.25, 0.3) is 0 Å². The Balaban J connectivity index is 1.39. The van der Waals surface area contributed by atoms with Gasteiger partial charge < -0.3 is 19.4 Å². The van der Waals surface area contributed by atoms with Crippen molar-refractivity contribution in [1.29, 1.82) is 0 Å². The van der Waals surface area contributed by atoms with Gasteiger partial charge in [-0.1, -0.05) is 16.7 Å². The van der Waals surface area contributed by atoms with E-state index in [9.17, 15) is 13.6 Å². The molecule has 2 atom stereocenters. The van der Waals surface area contributed by atoms with Crippen LogP contribution in [0, 0.1) is 12.8 Å². The van der Waals surface area contributed by atoms with Gasteiger partial charge in [0.2, 0.25) is 17.7 Å². The number of benzene rings is 1. The third-order valence-electron chi connectivity index (χ3n) is 6.60. The van der Waals surface area contributed by atoms with Crippen LogP contribution in [0.15, 0.2) is 16.5 Å². The molecule has 2 heterocycles. The zero-order valence-corrected chi connectivity index (χ0v) is 20.4. The number of methoxy groups -OCH3 is 1. The lowest BCUT2D eigenvalue weighted by Crippen LogP contribution is -2.54. The second-order valence-corrected chi connectivity index (χ2v) is 9.64. The number of carbonyl (C=O) groups is 1. The van der Waals surface area contributed by atoms with Crippen molar-refractivity contribution >= 4 is 29.2 Å². The van der Waals surface area contributed by atoms with E-state index in [4.69, 9.17) is 20.8 Å². The number of ether oxygens (including phenoxy) is 1. The molecule has 1 aliphatic carbocycles. The van der Waals surface area contributed by atoms with Crippen LogP contribution in [0.3, 0.4) is 0 Å². The lowest BCUT2D eigenvalue weighted by atomic mass is 10.0. The molecule has 1 aromatic carbocycles. The molecule has 11 heteroatoms. The molecule has 34 heavy (non-hydrogen) atoms. The second-order valence-electron chi connectivity index (χ2n) is 9.21. The molecule has 8 nitrogen and oxygen atoms in total. The van der Waals surface area contributed by atoms with Crippen LogP contribution in [0.4, 0.5) is 20.5 Å². The van der Waals surface area contributed by atoms with Crippen molar-refractivity contribution in [2.75, 3.05) is 32.1 Å². The molecule has 1 saturated heterocycles. The van der Waals surface area contributed by atoms with E-state index >= 15 is 0 Å². The van der Waals surface area contributed by atoms with Crippen LogP contribution in [-0.4, -0.2) is 64.6 Å². The average Bonchev–Trinajstić information content (AvgIpc) is 3.37. The second kappa shape index (κ2) is 10.1. The summed E-state index contributed by atoms with van der Waals surface area (Å²) in [6.07, 6.45) is -0.258. The van der Waals surface area contributed by atoms with E-state index in [0.717, 1.165) is 16.8 Å². The van der Waals surface area contributed by atoms with Gasteiger partial charge in [0.25, 0.3) is 0 Å². The Kier molecular flexibility index (Phi) is 7.39. The molecule has 1 aliphatic heterocycles. The maximum Gasteiger partial charge on any atom is 0.320 e. The van der Waals surface area contributed by atoms with Gasteiger partial charge in [-0.05, 0) is 43.5 Å². The average molecular weight is 498 g/mol. The SMILES string of the molecule is COCc1nnc(Nc2cc(Cl)cc(CN3CCN(C(=O)C4CCC(F)(F)C4)[C@@H](C)C3)c2C)o1. The summed E-state index contributed by atoms with van der Waals surface area (Å²) in [5, 5.41) is 11.6. The molecule has 0 bridgehead atoms. The van der Waals surface area contributed by atoms with Crippen LogP contribution in [0.1, 0.15) is 43.2 Å². The maximum absolute atomic E-state index is 13.6. The first kappa shape index (κ1) is 24.8. The number of piperazine rings is 1. The third-order valence-corrected chi connectivity index (χ3v) is 6.82. The molecule has 186 valence electrons. The number of amides is 1. The minimum atomic E-state index is -2.71. The standard InChI is InChI=1S/C23H30ClF2N5O3/c1-14-11-30(6-7-31(14)21(32)16-4-5-23(25,26)10-16)12-17-8-18(24)9-19(15(17)2)27-22-29-28-20(34-22)13-33-3/h8-9,14,16H,4-7,10-13H2,1-3H3,(H,27,29)/t14-,16?/m0/s1. The van der Waals surface area contributed by atoms with E-state index in [2.05, 4.69) is 20.4 Å². The van der Waals surface area contributed by atoms with Crippen molar-refractivity contribution in [1.82, 2.24) is 20.0 Å². The highest BCUT2D eigenvalue weighted by Crippen LogP contribution is 2.40. The molecule has 1 N–H and O–H groups in total. The van der Waals surface area contributed by atoms with Gasteiger partial charge in [-0.25, -0.2) is 8.78 Å². The van der Waals surface area contributed by atoms with Gasteiger partial charge in [0, 0.05) is 68.8 Å². The predicted molar refractivity (Wildman–Crippen MR) is 123 cm³/mol. The van der Waals surface area contributed by atoms with E-state index in [1.54, 1.807) is 18.1 Å². The minimum Gasteiger partial charge on any atom is -0.405 e. The van der Waals surface area contributed by atoms with Crippen LogP contribution >= 0.6 is 11.6 Å². The maximum atomic E-state index is 13.6. The number of hydrogen-bond acceptors (Lipinski definition) is 7. The Bertz CT molecular complexity index is 1030. The number of hydrogen-bond donors (Lipinski definition) is 1. The fourth-order valence-electron chi connectivity index (χ4n) is 4.77. The Morgan fingerprint density at radius 3 is 2.82 bits per heavy atom. The lowest BCUT2D eigenvalue weighted by molar-refractivity contribution is -0.141. The molecule has 2 aromatic rings. The van der Waals surface area contributed by atoms with Gasteiger partial charge in [-0.2, -0.15) is 0 Å². The Labute approximate surface area is 202 Å². The molecule has 0 radical (unpaired) electrons. The number of aromatic nitrogens is 2. The number of nitrogens with zero attached hydrogens (tertiary/aromatic N) is 4. The molecular weight excluding hydrogens is 468 g/mol. The summed E-state index contributed by atoms with van der Waals surface area (Å²) in [6, 6.07) is 3.93. The summed E-state index contributed by atoms with van der Waals surface area (Å²) in [7, 11) is 1.55. The van der Waals surface area contributed by atoms with Crippen LogP contribution in [0.5, 0.6) is 0 Å². The van der Waals surface area contributed by atoms with Crippen molar-refractivity contribution in [3.05, 3.63) is 34.2 Å². The molecule has 0 spiro atoms. The smallest absolute Gasteiger partial charge is 0.320 e. The van der Waals surface area contributed by atoms with Crippen molar-refractivity contribution in [3.63, 3.8) is 0 Å². The topological polar surface area (TPSA) is 83.7 Å². The monoisotopic (exact) mass is 497 g/mol. The zero-order chi connectivity index (χ0) is 24.5. The van der Waals surface area contributed by atoms with Crippen molar-refractivity contribution in [2.45, 2.75) is 58.2 Å². The summed E-state index contributed by atoms with van der Waals surface area (Å²) >= 11 is 6.39. The highest BCUT2D eigenvalue weighted by Gasteiger charge is 2.44. The summed E-state index contributed by atoms with van der Waals surface area (Å²) in [6.45, 7) is 6.69. The van der Waals surface area contributed by atoms with E-state index in [-0.39, 0.29) is 43.8 Å². The molecule has 1 aromatic heterocycles. The van der Waals surface area contributed by atoms with Gasteiger partial charge in [0.05, 0.1) is 0 Å². The first-order valence-electron chi connectivity index (χ1n) is 11.4. The van der Waals surface area contributed by atoms with Crippen molar-refractivity contribution in [3.8, 4) is 0 Å². The molecule has 2 aliphatic rings. The molecule has 2 fully saturated rings. The number of alkyl halides is 2. The first-order valence-corrected chi connectivity index (χ1v) is 11.8. The summed E-state index contributed by atoms with van der Waals surface area (Å²) in [5.74, 6) is -3.05. The molecule has 1 saturated carbocycles. The molecule has 1 amide bonds. The Morgan fingerprint density at radius 2 is 2.15 bits per heavy atom. The number of anilines is 2. The minimum absolute atomic E-state index is 0.0508. The van der Waals surface area contributed by atoms with Crippen LogP contribution in [0.2, 0.25) is 5.02 Å². The first-order chi connectivity index (χ1) is 16.1. The van der Waals surface area contributed by atoms with E-state index < -0.39 is 11.8 Å². The molecule has 1 unspecified atom stereocenters. The Morgan fingerprint density at radius 1 is 1.35 bits per heavy atom. The van der Waals surface area contributed by atoms with Crippen LogP contribution < -0.4 is 5.32 Å². The summed E-state index contributed by atoms with van der Waals surface area (Å²) in [4.78, 5) is 16.9. The molecule has 4 rings (SSSR count). The van der Waals surface area contributed by atoms with Gasteiger partial charge >= 0.3 is 6.01 Å². The zero-order valence-electron chi connectivity index (χ0n) is 19.6. The largest absolute Gasteiger partial charge is 0.405 e. The summed E-state index contributed by atoms with van der Waals surface area (Å²) < 4.78 is 37.7. The van der Waals surface area contributed by atoms with Gasteiger partial charge in [0.15, 0.2) is 0 Å². The highest BCUT2D eigenvalue weighted by molar-refractivity contribution is 6.31. The van der Waals surface area contributed by atoms with E-state index in [0.29, 0.717) is 37.1 Å². The lowest BCUT2D eigenvalue weighted by Gasteiger charge is -2.41.